The van der Waals surface area contributed by atoms with Crippen LogP contribution in [0.4, 0.5) is 0 Å². The number of carbonyl (C=O) groups is 1. The van der Waals surface area contributed by atoms with Gasteiger partial charge in [0.15, 0.2) is 5.79 Å². The minimum Gasteiger partial charge on any atom is -0.462 e. The van der Waals surface area contributed by atoms with Crippen molar-refractivity contribution in [2.45, 2.75) is 37.4 Å². The average Bonchev–Trinajstić information content (AvgIpc) is 3.37. The molecule has 2 aromatic rings. The molecule has 0 unspecified atom stereocenters. The molecule has 0 bridgehead atoms. The van der Waals surface area contributed by atoms with Gasteiger partial charge in [0.2, 0.25) is 10.0 Å². The summed E-state index contributed by atoms with van der Waals surface area (Å²) in [5, 5.41) is 1.72. The molecule has 0 atom stereocenters. The SMILES string of the molecule is CCOC(=O)c1scc(-c2ccc(C)cc2)c1S(=O)(=O)N1CCC2(CC1)OCCO2. The van der Waals surface area contributed by atoms with Gasteiger partial charge in [-0.05, 0) is 19.4 Å². The maximum atomic E-state index is 13.7. The zero-order valence-corrected chi connectivity index (χ0v) is 18.7. The minimum absolute atomic E-state index is 0.0269. The second-order valence-electron chi connectivity index (χ2n) is 7.41. The Bertz CT molecular complexity index is 1010. The predicted octanol–water partition coefficient (Wildman–Crippen LogP) is 3.43. The number of hydrogen-bond acceptors (Lipinski definition) is 7. The summed E-state index contributed by atoms with van der Waals surface area (Å²) in [6.07, 6.45) is 0.927. The normalized spacial score (nSPS) is 19.3. The van der Waals surface area contributed by atoms with Crippen LogP contribution in [0.3, 0.4) is 0 Å². The van der Waals surface area contributed by atoms with Gasteiger partial charge in [-0.25, -0.2) is 13.2 Å². The first-order chi connectivity index (χ1) is 14.4. The van der Waals surface area contributed by atoms with Gasteiger partial charge in [0.05, 0.1) is 19.8 Å². The van der Waals surface area contributed by atoms with Crippen molar-refractivity contribution in [2.75, 3.05) is 32.9 Å². The molecule has 9 heteroatoms. The smallest absolute Gasteiger partial charge is 0.349 e. The van der Waals surface area contributed by atoms with Gasteiger partial charge in [-0.2, -0.15) is 4.31 Å². The first-order valence-corrected chi connectivity index (χ1v) is 12.3. The molecule has 1 spiro atoms. The summed E-state index contributed by atoms with van der Waals surface area (Å²) in [5.74, 6) is -1.29. The molecule has 0 radical (unpaired) electrons. The zero-order chi connectivity index (χ0) is 21.4. The highest BCUT2D eigenvalue weighted by molar-refractivity contribution is 7.89. The summed E-state index contributed by atoms with van der Waals surface area (Å²) in [6, 6.07) is 7.59. The van der Waals surface area contributed by atoms with Gasteiger partial charge in [0, 0.05) is 36.9 Å². The van der Waals surface area contributed by atoms with Gasteiger partial charge in [-0.15, -0.1) is 11.3 Å². The number of esters is 1. The number of rotatable bonds is 5. The summed E-state index contributed by atoms with van der Waals surface area (Å²) < 4.78 is 45.4. The van der Waals surface area contributed by atoms with Gasteiger partial charge in [0.1, 0.15) is 9.77 Å². The summed E-state index contributed by atoms with van der Waals surface area (Å²) in [7, 11) is -3.92. The van der Waals surface area contributed by atoms with Crippen LogP contribution in [0.2, 0.25) is 0 Å². The monoisotopic (exact) mass is 451 g/mol. The Morgan fingerprint density at radius 1 is 1.17 bits per heavy atom. The van der Waals surface area contributed by atoms with E-state index < -0.39 is 21.8 Å². The maximum absolute atomic E-state index is 13.7. The summed E-state index contributed by atoms with van der Waals surface area (Å²) >= 11 is 1.10. The van der Waals surface area contributed by atoms with Crippen LogP contribution in [-0.4, -0.2) is 57.4 Å². The highest BCUT2D eigenvalue weighted by Gasteiger charge is 2.44. The van der Waals surface area contributed by atoms with Crippen LogP contribution < -0.4 is 0 Å². The molecule has 2 saturated heterocycles. The van der Waals surface area contributed by atoms with E-state index in [1.54, 1.807) is 12.3 Å². The summed E-state index contributed by atoms with van der Waals surface area (Å²) in [4.78, 5) is 12.7. The number of carbonyl (C=O) groups excluding carboxylic acids is 1. The van der Waals surface area contributed by atoms with Crippen molar-refractivity contribution >= 4 is 27.3 Å². The largest absolute Gasteiger partial charge is 0.462 e. The summed E-state index contributed by atoms with van der Waals surface area (Å²) in [5.41, 5.74) is 2.35. The van der Waals surface area contributed by atoms with Gasteiger partial charge in [0.25, 0.3) is 0 Å². The van der Waals surface area contributed by atoms with Crippen molar-refractivity contribution in [3.05, 3.63) is 40.1 Å². The van der Waals surface area contributed by atoms with Crippen LogP contribution in [0.5, 0.6) is 0 Å². The third kappa shape index (κ3) is 3.92. The molecular formula is C21H25NO6S2. The van der Waals surface area contributed by atoms with Crippen LogP contribution in [0.15, 0.2) is 34.5 Å². The van der Waals surface area contributed by atoms with E-state index in [1.807, 2.05) is 31.2 Å². The number of hydrogen-bond donors (Lipinski definition) is 0. The van der Waals surface area contributed by atoms with Crippen LogP contribution in [0.25, 0.3) is 11.1 Å². The molecule has 0 N–H and O–H groups in total. The van der Waals surface area contributed by atoms with E-state index in [0.29, 0.717) is 31.6 Å². The van der Waals surface area contributed by atoms with E-state index in [0.717, 1.165) is 22.5 Å². The van der Waals surface area contributed by atoms with Crippen molar-refractivity contribution < 1.29 is 27.4 Å². The van der Waals surface area contributed by atoms with E-state index in [4.69, 9.17) is 14.2 Å². The molecule has 7 nitrogen and oxygen atoms in total. The minimum atomic E-state index is -3.92. The molecule has 2 aliphatic rings. The summed E-state index contributed by atoms with van der Waals surface area (Å²) in [6.45, 7) is 5.45. The maximum Gasteiger partial charge on any atom is 0.349 e. The average molecular weight is 452 g/mol. The number of ether oxygens (including phenoxy) is 3. The van der Waals surface area contributed by atoms with Gasteiger partial charge in [-0.1, -0.05) is 29.8 Å². The molecular weight excluding hydrogens is 426 g/mol. The molecule has 4 rings (SSSR count). The highest BCUT2D eigenvalue weighted by Crippen LogP contribution is 2.40. The molecule has 2 fully saturated rings. The Kier molecular flexibility index (Phi) is 6.00. The van der Waals surface area contributed by atoms with E-state index in [-0.39, 0.29) is 29.5 Å². The molecule has 0 saturated carbocycles. The lowest BCUT2D eigenvalue weighted by Crippen LogP contribution is -2.47. The Morgan fingerprint density at radius 3 is 2.40 bits per heavy atom. The van der Waals surface area contributed by atoms with E-state index >= 15 is 0 Å². The molecule has 0 amide bonds. The molecule has 1 aromatic carbocycles. The van der Waals surface area contributed by atoms with Crippen LogP contribution in [-0.2, 0) is 24.2 Å². The second-order valence-corrected chi connectivity index (χ2v) is 10.2. The van der Waals surface area contributed by atoms with E-state index in [1.165, 1.54) is 4.31 Å². The number of thiophene rings is 1. The van der Waals surface area contributed by atoms with E-state index in [9.17, 15) is 13.2 Å². The third-order valence-electron chi connectivity index (χ3n) is 5.46. The standard InChI is InChI=1S/C21H25NO6S2/c1-3-26-20(23)18-19(17(14-29-18)16-6-4-15(2)5-7-16)30(24,25)22-10-8-21(9-11-22)27-12-13-28-21/h4-7,14H,3,8-13H2,1-2H3. The zero-order valence-electron chi connectivity index (χ0n) is 17.0. The number of nitrogens with zero attached hydrogens (tertiary/aromatic N) is 1. The molecule has 1 aromatic heterocycles. The number of sulfonamides is 1. The topological polar surface area (TPSA) is 82.1 Å². The molecule has 3 heterocycles. The first-order valence-electron chi connectivity index (χ1n) is 10.00. The fraction of sp³-hybridized carbons (Fsp3) is 0.476. The Morgan fingerprint density at radius 2 is 1.80 bits per heavy atom. The second kappa shape index (κ2) is 8.39. The number of benzene rings is 1. The lowest BCUT2D eigenvalue weighted by atomic mass is 10.1. The van der Waals surface area contributed by atoms with Crippen molar-refractivity contribution in [1.29, 1.82) is 0 Å². The number of piperidine rings is 1. The van der Waals surface area contributed by atoms with Gasteiger partial charge < -0.3 is 14.2 Å². The fourth-order valence-corrected chi connectivity index (χ4v) is 6.95. The molecule has 2 aliphatic heterocycles. The van der Waals surface area contributed by atoms with Crippen molar-refractivity contribution in [3.8, 4) is 11.1 Å². The molecule has 30 heavy (non-hydrogen) atoms. The van der Waals surface area contributed by atoms with Crippen LogP contribution in [0.1, 0.15) is 35.0 Å². The van der Waals surface area contributed by atoms with Crippen LogP contribution >= 0.6 is 11.3 Å². The Labute approximate surface area is 180 Å². The Balaban J connectivity index is 1.72. The first kappa shape index (κ1) is 21.5. The van der Waals surface area contributed by atoms with Crippen LogP contribution in [0, 0.1) is 6.92 Å². The van der Waals surface area contributed by atoms with Crippen molar-refractivity contribution in [1.82, 2.24) is 4.31 Å². The molecule has 162 valence electrons. The van der Waals surface area contributed by atoms with Crippen molar-refractivity contribution in [2.24, 2.45) is 0 Å². The third-order valence-corrected chi connectivity index (χ3v) is 8.54. The van der Waals surface area contributed by atoms with Gasteiger partial charge in [-0.3, -0.25) is 0 Å². The lowest BCUT2D eigenvalue weighted by Gasteiger charge is -2.36. The highest BCUT2D eigenvalue weighted by atomic mass is 32.2. The van der Waals surface area contributed by atoms with E-state index in [2.05, 4.69) is 0 Å². The van der Waals surface area contributed by atoms with Gasteiger partial charge >= 0.3 is 5.97 Å². The predicted molar refractivity (Wildman–Crippen MR) is 113 cm³/mol. The Hall–Kier alpha value is -1.78. The quantitative estimate of drug-likeness (QED) is 0.648. The van der Waals surface area contributed by atoms with Crippen molar-refractivity contribution in [3.63, 3.8) is 0 Å². The number of aryl methyl sites for hydroxylation is 1. The lowest BCUT2D eigenvalue weighted by molar-refractivity contribution is -0.179. The molecule has 0 aliphatic carbocycles. The fourth-order valence-electron chi connectivity index (χ4n) is 3.86.